The number of carbonyl (C=O) groups excluding carboxylic acids is 1. The molecular weight excluding hydrogens is 248 g/mol. The van der Waals surface area contributed by atoms with Crippen molar-refractivity contribution in [2.45, 2.75) is 44.6 Å². The summed E-state index contributed by atoms with van der Waals surface area (Å²) >= 11 is 1.31. The van der Waals surface area contributed by atoms with Gasteiger partial charge in [-0.25, -0.2) is 0 Å². The first-order valence-corrected chi connectivity index (χ1v) is 7.32. The average molecular weight is 268 g/mol. The Balaban J connectivity index is 2.02. The molecule has 1 saturated carbocycles. The van der Waals surface area contributed by atoms with E-state index < -0.39 is 0 Å². The SMILES string of the molecule is CNc1nnc(C(=O)N(C)C2CCCCCC2)s1. The monoisotopic (exact) mass is 268 g/mol. The molecule has 0 atom stereocenters. The van der Waals surface area contributed by atoms with E-state index in [1.165, 1.54) is 37.0 Å². The van der Waals surface area contributed by atoms with Crippen LogP contribution in [0.25, 0.3) is 0 Å². The van der Waals surface area contributed by atoms with E-state index in [1.807, 2.05) is 11.9 Å². The molecule has 1 aliphatic rings. The maximum absolute atomic E-state index is 12.3. The summed E-state index contributed by atoms with van der Waals surface area (Å²) in [6, 6.07) is 0.363. The number of rotatable bonds is 3. The van der Waals surface area contributed by atoms with Crippen molar-refractivity contribution >= 4 is 22.4 Å². The highest BCUT2D eigenvalue weighted by Gasteiger charge is 2.24. The highest BCUT2D eigenvalue weighted by Crippen LogP contribution is 2.23. The predicted molar refractivity (Wildman–Crippen MR) is 73.0 cm³/mol. The average Bonchev–Trinajstić information content (AvgIpc) is 2.71. The van der Waals surface area contributed by atoms with E-state index in [1.54, 1.807) is 7.05 Å². The summed E-state index contributed by atoms with van der Waals surface area (Å²) in [7, 11) is 3.67. The van der Waals surface area contributed by atoms with Gasteiger partial charge >= 0.3 is 0 Å². The molecule has 100 valence electrons. The third-order valence-electron chi connectivity index (χ3n) is 3.51. The first kappa shape index (κ1) is 13.3. The lowest BCUT2D eigenvalue weighted by Gasteiger charge is -2.26. The number of hydrogen-bond donors (Lipinski definition) is 1. The van der Waals surface area contributed by atoms with Crippen LogP contribution in [0.3, 0.4) is 0 Å². The zero-order valence-electron chi connectivity index (χ0n) is 11.0. The molecule has 0 saturated heterocycles. The molecule has 2 rings (SSSR count). The number of amides is 1. The van der Waals surface area contributed by atoms with E-state index in [9.17, 15) is 4.79 Å². The lowest BCUT2D eigenvalue weighted by molar-refractivity contribution is 0.0716. The van der Waals surface area contributed by atoms with Crippen molar-refractivity contribution < 1.29 is 4.79 Å². The van der Waals surface area contributed by atoms with Crippen LogP contribution >= 0.6 is 11.3 Å². The first-order valence-electron chi connectivity index (χ1n) is 6.51. The molecule has 0 radical (unpaired) electrons. The Morgan fingerprint density at radius 2 is 1.94 bits per heavy atom. The second-order valence-corrected chi connectivity index (χ2v) is 5.70. The topological polar surface area (TPSA) is 58.1 Å². The molecule has 1 amide bonds. The fourth-order valence-corrected chi connectivity index (χ4v) is 3.05. The zero-order chi connectivity index (χ0) is 13.0. The summed E-state index contributed by atoms with van der Waals surface area (Å²) in [6.07, 6.45) is 7.25. The number of carbonyl (C=O) groups is 1. The molecular formula is C12H20N4OS. The fourth-order valence-electron chi connectivity index (χ4n) is 2.37. The predicted octanol–water partition coefficient (Wildman–Crippen LogP) is 2.37. The standard InChI is InChI=1S/C12H20N4OS/c1-13-12-15-14-10(18-12)11(17)16(2)9-7-5-3-4-6-8-9/h9H,3-8H2,1-2H3,(H,13,15). The van der Waals surface area contributed by atoms with Gasteiger partial charge in [0.1, 0.15) is 0 Å². The molecule has 6 heteroatoms. The molecule has 1 heterocycles. The van der Waals surface area contributed by atoms with Crippen LogP contribution < -0.4 is 5.32 Å². The molecule has 1 N–H and O–H groups in total. The van der Waals surface area contributed by atoms with Crippen LogP contribution in [0.4, 0.5) is 5.13 Å². The minimum Gasteiger partial charge on any atom is -0.363 e. The van der Waals surface area contributed by atoms with Crippen molar-refractivity contribution in [3.8, 4) is 0 Å². The van der Waals surface area contributed by atoms with E-state index in [-0.39, 0.29) is 5.91 Å². The minimum absolute atomic E-state index is 0.000833. The maximum atomic E-state index is 12.3. The van der Waals surface area contributed by atoms with Crippen LogP contribution in [0.15, 0.2) is 0 Å². The lowest BCUT2D eigenvalue weighted by Crippen LogP contribution is -2.36. The number of nitrogens with one attached hydrogen (secondary N) is 1. The Morgan fingerprint density at radius 1 is 1.28 bits per heavy atom. The summed E-state index contributed by atoms with van der Waals surface area (Å²) in [5.41, 5.74) is 0. The first-order chi connectivity index (χ1) is 8.72. The van der Waals surface area contributed by atoms with E-state index >= 15 is 0 Å². The van der Waals surface area contributed by atoms with Gasteiger partial charge in [-0.15, -0.1) is 10.2 Å². The third-order valence-corrected chi connectivity index (χ3v) is 4.44. The van der Waals surface area contributed by atoms with Crippen molar-refractivity contribution in [3.05, 3.63) is 5.01 Å². The van der Waals surface area contributed by atoms with Crippen LogP contribution in [-0.2, 0) is 0 Å². The van der Waals surface area contributed by atoms with E-state index in [2.05, 4.69) is 15.5 Å². The van der Waals surface area contributed by atoms with Gasteiger partial charge in [-0.2, -0.15) is 0 Å². The largest absolute Gasteiger partial charge is 0.363 e. The minimum atomic E-state index is 0.000833. The fraction of sp³-hybridized carbons (Fsp3) is 0.750. The number of hydrogen-bond acceptors (Lipinski definition) is 5. The van der Waals surface area contributed by atoms with Crippen molar-refractivity contribution in [2.24, 2.45) is 0 Å². The normalized spacial score (nSPS) is 17.2. The van der Waals surface area contributed by atoms with Crippen LogP contribution in [0.1, 0.15) is 48.3 Å². The molecule has 18 heavy (non-hydrogen) atoms. The molecule has 1 aliphatic carbocycles. The summed E-state index contributed by atoms with van der Waals surface area (Å²) in [4.78, 5) is 14.1. The smallest absolute Gasteiger partial charge is 0.284 e. The molecule has 0 spiro atoms. The number of anilines is 1. The van der Waals surface area contributed by atoms with E-state index in [4.69, 9.17) is 0 Å². The Kier molecular flexibility index (Phi) is 4.52. The van der Waals surface area contributed by atoms with Crippen molar-refractivity contribution in [3.63, 3.8) is 0 Å². The van der Waals surface area contributed by atoms with Gasteiger partial charge in [0.15, 0.2) is 0 Å². The van der Waals surface area contributed by atoms with Gasteiger partial charge < -0.3 is 10.2 Å². The molecule has 1 aromatic heterocycles. The van der Waals surface area contributed by atoms with Gasteiger partial charge in [0, 0.05) is 20.1 Å². The summed E-state index contributed by atoms with van der Waals surface area (Å²) < 4.78 is 0. The van der Waals surface area contributed by atoms with Gasteiger partial charge in [-0.05, 0) is 12.8 Å². The van der Waals surface area contributed by atoms with Crippen LogP contribution in [0, 0.1) is 0 Å². The van der Waals surface area contributed by atoms with Crippen molar-refractivity contribution in [1.29, 1.82) is 0 Å². The second-order valence-electron chi connectivity index (χ2n) is 4.72. The molecule has 0 unspecified atom stereocenters. The van der Waals surface area contributed by atoms with Gasteiger partial charge in [0.25, 0.3) is 5.91 Å². The third kappa shape index (κ3) is 2.98. The quantitative estimate of drug-likeness (QED) is 0.855. The zero-order valence-corrected chi connectivity index (χ0v) is 11.8. The molecule has 0 aromatic carbocycles. The van der Waals surface area contributed by atoms with Crippen LogP contribution in [0.5, 0.6) is 0 Å². The summed E-state index contributed by atoms with van der Waals surface area (Å²) in [5, 5.41) is 11.9. The lowest BCUT2D eigenvalue weighted by atomic mass is 10.1. The van der Waals surface area contributed by atoms with Crippen molar-refractivity contribution in [2.75, 3.05) is 19.4 Å². The number of aromatic nitrogens is 2. The molecule has 1 aromatic rings. The van der Waals surface area contributed by atoms with Gasteiger partial charge in [-0.3, -0.25) is 4.79 Å². The Bertz CT molecular complexity index is 399. The molecule has 0 aliphatic heterocycles. The Labute approximate surface area is 112 Å². The highest BCUT2D eigenvalue weighted by molar-refractivity contribution is 7.17. The molecule has 0 bridgehead atoms. The molecule has 1 fully saturated rings. The number of nitrogens with zero attached hydrogens (tertiary/aromatic N) is 3. The van der Waals surface area contributed by atoms with E-state index in [0.29, 0.717) is 16.2 Å². The maximum Gasteiger partial charge on any atom is 0.284 e. The van der Waals surface area contributed by atoms with Gasteiger partial charge in [0.2, 0.25) is 10.1 Å². The van der Waals surface area contributed by atoms with Gasteiger partial charge in [-0.1, -0.05) is 37.0 Å². The van der Waals surface area contributed by atoms with E-state index in [0.717, 1.165) is 12.8 Å². The van der Waals surface area contributed by atoms with Crippen LogP contribution in [0.2, 0.25) is 0 Å². The summed E-state index contributed by atoms with van der Waals surface area (Å²) in [5.74, 6) is 0.000833. The van der Waals surface area contributed by atoms with Crippen molar-refractivity contribution in [1.82, 2.24) is 15.1 Å². The highest BCUT2D eigenvalue weighted by atomic mass is 32.1. The van der Waals surface area contributed by atoms with Crippen LogP contribution in [-0.4, -0.2) is 41.1 Å². The Morgan fingerprint density at radius 3 is 2.50 bits per heavy atom. The second kappa shape index (κ2) is 6.13. The summed E-state index contributed by atoms with van der Waals surface area (Å²) in [6.45, 7) is 0. The Hall–Kier alpha value is -1.17. The molecule has 5 nitrogen and oxygen atoms in total. The van der Waals surface area contributed by atoms with Gasteiger partial charge in [0.05, 0.1) is 0 Å².